The quantitative estimate of drug-likeness (QED) is 0.607. The van der Waals surface area contributed by atoms with Crippen LogP contribution in [0.15, 0.2) is 15.4 Å². The summed E-state index contributed by atoms with van der Waals surface area (Å²) in [6.45, 7) is 9.17. The molecule has 0 atom stereocenters. The molecule has 2 fully saturated rings. The van der Waals surface area contributed by atoms with Crippen LogP contribution in [0.3, 0.4) is 0 Å². The van der Waals surface area contributed by atoms with Crippen LogP contribution in [0.4, 0.5) is 0 Å². The Morgan fingerprint density at radius 2 is 1.76 bits per heavy atom. The summed E-state index contributed by atoms with van der Waals surface area (Å²) in [5.41, 5.74) is -0.0277. The van der Waals surface area contributed by atoms with Crippen molar-refractivity contribution in [3.63, 3.8) is 0 Å². The molecule has 0 unspecified atom stereocenters. The van der Waals surface area contributed by atoms with E-state index in [2.05, 4.69) is 24.1 Å². The van der Waals surface area contributed by atoms with Crippen molar-refractivity contribution in [2.45, 2.75) is 51.3 Å². The maximum absolute atomic E-state index is 13.0. The largest absolute Gasteiger partial charge is 0.455 e. The van der Waals surface area contributed by atoms with Gasteiger partial charge in [-0.3, -0.25) is 9.59 Å². The van der Waals surface area contributed by atoms with Gasteiger partial charge in [0.15, 0.2) is 5.76 Å². The molecule has 33 heavy (non-hydrogen) atoms. The maximum atomic E-state index is 13.0. The molecular formula is C23H38N4O5S. The number of furan rings is 1. The average molecular weight is 483 g/mol. The van der Waals surface area contributed by atoms with Gasteiger partial charge in [0, 0.05) is 51.3 Å². The van der Waals surface area contributed by atoms with Crippen LogP contribution < -0.4 is 5.32 Å². The van der Waals surface area contributed by atoms with E-state index in [1.807, 2.05) is 14.1 Å². The van der Waals surface area contributed by atoms with Crippen molar-refractivity contribution in [2.75, 3.05) is 53.4 Å². The minimum atomic E-state index is -3.65. The zero-order chi connectivity index (χ0) is 24.4. The molecule has 1 aromatic rings. The van der Waals surface area contributed by atoms with E-state index in [1.165, 1.54) is 10.4 Å². The first kappa shape index (κ1) is 25.7. The fourth-order valence-electron chi connectivity index (χ4n) is 4.78. The van der Waals surface area contributed by atoms with E-state index in [-0.39, 0.29) is 39.6 Å². The number of piperidine rings is 1. The summed E-state index contributed by atoms with van der Waals surface area (Å²) in [6, 6.07) is 1.36. The van der Waals surface area contributed by atoms with E-state index >= 15 is 0 Å². The Morgan fingerprint density at radius 3 is 2.33 bits per heavy atom. The summed E-state index contributed by atoms with van der Waals surface area (Å²) in [5.74, 6) is -0.152. The van der Waals surface area contributed by atoms with Gasteiger partial charge < -0.3 is 19.5 Å². The third-order valence-electron chi connectivity index (χ3n) is 6.40. The van der Waals surface area contributed by atoms with Gasteiger partial charge in [0.05, 0.1) is 0 Å². The van der Waals surface area contributed by atoms with E-state index in [9.17, 15) is 18.0 Å². The second kappa shape index (κ2) is 10.1. The third kappa shape index (κ3) is 6.16. The van der Waals surface area contributed by atoms with Crippen molar-refractivity contribution >= 4 is 21.8 Å². The van der Waals surface area contributed by atoms with Gasteiger partial charge in [-0.05, 0) is 52.1 Å². The molecule has 2 aliphatic heterocycles. The molecule has 0 spiro atoms. The lowest BCUT2D eigenvalue weighted by atomic mass is 9.91. The molecule has 0 bridgehead atoms. The van der Waals surface area contributed by atoms with Crippen LogP contribution in [0.5, 0.6) is 0 Å². The molecule has 2 aliphatic rings. The van der Waals surface area contributed by atoms with Crippen molar-refractivity contribution in [2.24, 2.45) is 11.3 Å². The van der Waals surface area contributed by atoms with Crippen molar-refractivity contribution in [1.82, 2.24) is 19.4 Å². The van der Waals surface area contributed by atoms with E-state index in [0.29, 0.717) is 45.6 Å². The molecule has 1 aromatic heterocycles. The lowest BCUT2D eigenvalue weighted by molar-refractivity contribution is -0.126. The fourth-order valence-corrected chi connectivity index (χ4v) is 6.46. The van der Waals surface area contributed by atoms with Gasteiger partial charge >= 0.3 is 0 Å². The van der Waals surface area contributed by atoms with E-state index in [1.54, 1.807) is 11.8 Å². The number of aryl methyl sites for hydroxylation is 1. The minimum absolute atomic E-state index is 0.0277. The van der Waals surface area contributed by atoms with E-state index in [4.69, 9.17) is 4.42 Å². The lowest BCUT2D eigenvalue weighted by Gasteiger charge is -2.32. The average Bonchev–Trinajstić information content (AvgIpc) is 3.41. The molecule has 10 heteroatoms. The highest BCUT2D eigenvalue weighted by atomic mass is 32.2. The maximum Gasteiger partial charge on any atom is 0.289 e. The predicted octanol–water partition coefficient (Wildman–Crippen LogP) is 1.93. The Kier molecular flexibility index (Phi) is 7.91. The second-order valence-electron chi connectivity index (χ2n) is 10.3. The first-order valence-electron chi connectivity index (χ1n) is 11.7. The number of hydrogen-bond acceptors (Lipinski definition) is 6. The van der Waals surface area contributed by atoms with Crippen molar-refractivity contribution < 1.29 is 22.4 Å². The zero-order valence-corrected chi connectivity index (χ0v) is 21.3. The highest BCUT2D eigenvalue weighted by molar-refractivity contribution is 7.89. The molecule has 0 radical (unpaired) electrons. The van der Waals surface area contributed by atoms with Crippen LogP contribution in [0.25, 0.3) is 0 Å². The van der Waals surface area contributed by atoms with Gasteiger partial charge in [-0.25, -0.2) is 8.42 Å². The Hall–Kier alpha value is -1.91. The number of nitrogens with zero attached hydrogens (tertiary/aromatic N) is 3. The Morgan fingerprint density at radius 1 is 1.15 bits per heavy atom. The summed E-state index contributed by atoms with van der Waals surface area (Å²) in [4.78, 5) is 29.4. The van der Waals surface area contributed by atoms with Gasteiger partial charge in [0.2, 0.25) is 15.9 Å². The minimum Gasteiger partial charge on any atom is -0.455 e. The molecule has 9 nitrogen and oxygen atoms in total. The van der Waals surface area contributed by atoms with Crippen LogP contribution in [0, 0.1) is 18.3 Å². The van der Waals surface area contributed by atoms with Crippen LogP contribution in [-0.2, 0) is 14.8 Å². The Balaban J connectivity index is 1.56. The SMILES string of the molecule is Cc1oc(C(=O)N2CCC(C(=O)NCC(C)(C)CN(C)C)CC2)cc1S(=O)(=O)N1CCCC1. The number of sulfonamides is 1. The summed E-state index contributed by atoms with van der Waals surface area (Å²) in [5, 5.41) is 3.07. The zero-order valence-electron chi connectivity index (χ0n) is 20.5. The number of likely N-dealkylation sites (tertiary alicyclic amines) is 1. The van der Waals surface area contributed by atoms with Gasteiger partial charge in [-0.1, -0.05) is 13.8 Å². The molecule has 186 valence electrons. The normalized spacial score (nSPS) is 18.8. The van der Waals surface area contributed by atoms with Gasteiger partial charge in [0.25, 0.3) is 5.91 Å². The monoisotopic (exact) mass is 482 g/mol. The predicted molar refractivity (Wildman–Crippen MR) is 125 cm³/mol. The molecule has 1 N–H and O–H groups in total. The summed E-state index contributed by atoms with van der Waals surface area (Å²) < 4.78 is 32.8. The third-order valence-corrected chi connectivity index (χ3v) is 8.41. The number of carbonyl (C=O) groups excluding carboxylic acids is 2. The second-order valence-corrected chi connectivity index (χ2v) is 12.2. The topological polar surface area (TPSA) is 103 Å². The van der Waals surface area contributed by atoms with E-state index < -0.39 is 10.0 Å². The van der Waals surface area contributed by atoms with Crippen LogP contribution in [0.2, 0.25) is 0 Å². The van der Waals surface area contributed by atoms with Crippen molar-refractivity contribution in [3.05, 3.63) is 17.6 Å². The molecule has 0 aromatic carbocycles. The Labute approximate surface area is 197 Å². The highest BCUT2D eigenvalue weighted by Gasteiger charge is 2.34. The van der Waals surface area contributed by atoms with Crippen LogP contribution in [-0.4, -0.2) is 87.7 Å². The van der Waals surface area contributed by atoms with Crippen molar-refractivity contribution in [3.8, 4) is 0 Å². The number of rotatable bonds is 8. The van der Waals surface area contributed by atoms with Gasteiger partial charge in [-0.2, -0.15) is 4.31 Å². The fraction of sp³-hybridized carbons (Fsp3) is 0.739. The first-order valence-corrected chi connectivity index (χ1v) is 13.2. The smallest absolute Gasteiger partial charge is 0.289 e. The number of nitrogens with one attached hydrogen (secondary N) is 1. The molecule has 2 saturated heterocycles. The van der Waals surface area contributed by atoms with Crippen LogP contribution >= 0.6 is 0 Å². The molecule has 0 saturated carbocycles. The Bertz CT molecular complexity index is 955. The highest BCUT2D eigenvalue weighted by Crippen LogP contribution is 2.28. The molecule has 3 heterocycles. The standard InChI is InChI=1S/C23H38N4O5S/c1-17-20(33(30,31)27-10-6-7-11-27)14-19(32-17)22(29)26-12-8-18(9-13-26)21(28)24-15-23(2,3)16-25(4)5/h14,18H,6-13,15-16H2,1-5H3,(H,24,28). The number of hydrogen-bond donors (Lipinski definition) is 1. The van der Waals surface area contributed by atoms with Crippen molar-refractivity contribution in [1.29, 1.82) is 0 Å². The summed E-state index contributed by atoms with van der Waals surface area (Å²) in [7, 11) is 0.385. The first-order chi connectivity index (χ1) is 15.4. The van der Waals surface area contributed by atoms with Crippen LogP contribution in [0.1, 0.15) is 55.8 Å². The number of carbonyl (C=O) groups is 2. The lowest BCUT2D eigenvalue weighted by Crippen LogP contribution is -2.46. The molecular weight excluding hydrogens is 444 g/mol. The van der Waals surface area contributed by atoms with Gasteiger partial charge in [-0.15, -0.1) is 0 Å². The molecule has 2 amide bonds. The molecule has 0 aliphatic carbocycles. The van der Waals surface area contributed by atoms with Gasteiger partial charge in [0.1, 0.15) is 10.7 Å². The summed E-state index contributed by atoms with van der Waals surface area (Å²) >= 11 is 0. The molecule has 3 rings (SSSR count). The number of amides is 2. The summed E-state index contributed by atoms with van der Waals surface area (Å²) in [6.07, 6.45) is 2.84. The van der Waals surface area contributed by atoms with E-state index in [0.717, 1.165) is 19.4 Å².